The van der Waals surface area contributed by atoms with Crippen molar-refractivity contribution < 1.29 is 13.0 Å². The molecular formula is C8H15O3S. The van der Waals surface area contributed by atoms with E-state index in [0.717, 1.165) is 25.7 Å². The lowest BCUT2D eigenvalue weighted by molar-refractivity contribution is 0.383. The molecule has 0 saturated heterocycles. The maximum absolute atomic E-state index is 10.7. The van der Waals surface area contributed by atoms with E-state index in [1.54, 1.807) is 0 Å². The quantitative estimate of drug-likeness (QED) is 0.635. The second-order valence-electron chi connectivity index (χ2n) is 3.46. The van der Waals surface area contributed by atoms with Gasteiger partial charge in [-0.3, -0.25) is 0 Å². The molecule has 0 heterocycles. The van der Waals surface area contributed by atoms with Gasteiger partial charge < -0.3 is 0 Å². The summed E-state index contributed by atoms with van der Waals surface area (Å²) in [5, 5.41) is -0.599. The van der Waals surface area contributed by atoms with Gasteiger partial charge in [-0.05, 0) is 12.8 Å². The molecule has 0 spiro atoms. The molecule has 0 aromatic rings. The van der Waals surface area contributed by atoms with E-state index in [9.17, 15) is 13.0 Å². The van der Waals surface area contributed by atoms with Gasteiger partial charge in [0.05, 0.1) is 5.25 Å². The van der Waals surface area contributed by atoms with Gasteiger partial charge >= 0.3 is 0 Å². The van der Waals surface area contributed by atoms with Crippen molar-refractivity contribution in [3.63, 3.8) is 0 Å². The summed E-state index contributed by atoms with van der Waals surface area (Å²) in [6, 6.07) is 0. The molecule has 0 atom stereocenters. The topological polar surface area (TPSA) is 54.0 Å². The standard InChI is InChI=1S/C8H15O3S/c9-12(10,11)8-6-4-2-1-3-5-7-8/h8H,1-7H2. The van der Waals surface area contributed by atoms with Gasteiger partial charge in [0.2, 0.25) is 0 Å². The molecule has 1 radical (unpaired) electrons. The van der Waals surface area contributed by atoms with Gasteiger partial charge in [0.1, 0.15) is 0 Å². The minimum atomic E-state index is -4.02. The Bertz CT molecular complexity index is 212. The summed E-state index contributed by atoms with van der Waals surface area (Å²) in [4.78, 5) is 0. The van der Waals surface area contributed by atoms with Crippen molar-refractivity contribution in [2.24, 2.45) is 0 Å². The van der Waals surface area contributed by atoms with Crippen LogP contribution in [0.3, 0.4) is 0 Å². The largest absolute Gasteiger partial charge is 0.297 e. The van der Waals surface area contributed by atoms with E-state index in [4.69, 9.17) is 0 Å². The van der Waals surface area contributed by atoms with Crippen LogP contribution in [0.15, 0.2) is 0 Å². The fourth-order valence-electron chi connectivity index (χ4n) is 1.71. The van der Waals surface area contributed by atoms with E-state index in [1.165, 1.54) is 6.42 Å². The molecule has 71 valence electrons. The van der Waals surface area contributed by atoms with Gasteiger partial charge in [-0.2, -0.15) is 8.42 Å². The van der Waals surface area contributed by atoms with Crippen LogP contribution in [0.5, 0.6) is 0 Å². The number of hydrogen-bond acceptors (Lipinski definition) is 2. The molecule has 1 rings (SSSR count). The summed E-state index contributed by atoms with van der Waals surface area (Å²) in [6.07, 6.45) is 6.28. The third-order valence-corrected chi connectivity index (χ3v) is 3.75. The summed E-state index contributed by atoms with van der Waals surface area (Å²) in [7, 11) is -4.02. The van der Waals surface area contributed by atoms with Crippen molar-refractivity contribution >= 4 is 10.1 Å². The molecule has 1 fully saturated rings. The SMILES string of the molecule is [O]S(=O)(=O)C1CCCCCCC1. The molecule has 0 bridgehead atoms. The molecule has 1 aliphatic carbocycles. The van der Waals surface area contributed by atoms with Gasteiger partial charge in [0, 0.05) is 0 Å². The van der Waals surface area contributed by atoms with Crippen molar-refractivity contribution in [2.45, 2.75) is 50.2 Å². The second kappa shape index (κ2) is 4.23. The molecule has 0 N–H and O–H groups in total. The smallest absolute Gasteiger partial charge is 0.197 e. The van der Waals surface area contributed by atoms with Crippen molar-refractivity contribution in [1.29, 1.82) is 0 Å². The van der Waals surface area contributed by atoms with E-state index in [1.807, 2.05) is 0 Å². The van der Waals surface area contributed by atoms with Crippen molar-refractivity contribution in [1.82, 2.24) is 0 Å². The number of rotatable bonds is 1. The normalized spacial score (nSPS) is 23.1. The van der Waals surface area contributed by atoms with Crippen LogP contribution in [0.2, 0.25) is 0 Å². The maximum Gasteiger partial charge on any atom is 0.297 e. The number of hydrogen-bond donors (Lipinski definition) is 0. The first-order chi connectivity index (χ1) is 5.61. The van der Waals surface area contributed by atoms with Gasteiger partial charge in [-0.1, -0.05) is 36.7 Å². The van der Waals surface area contributed by atoms with Gasteiger partial charge in [-0.25, -0.2) is 0 Å². The summed E-state index contributed by atoms with van der Waals surface area (Å²) in [5.41, 5.74) is 0. The third-order valence-electron chi connectivity index (χ3n) is 2.46. The van der Waals surface area contributed by atoms with Crippen LogP contribution in [0.1, 0.15) is 44.9 Å². The minimum absolute atomic E-state index is 0.575. The molecule has 1 aliphatic rings. The van der Waals surface area contributed by atoms with E-state index >= 15 is 0 Å². The fraction of sp³-hybridized carbons (Fsp3) is 1.00. The van der Waals surface area contributed by atoms with Crippen molar-refractivity contribution in [2.75, 3.05) is 0 Å². The van der Waals surface area contributed by atoms with Crippen LogP contribution >= 0.6 is 0 Å². The van der Waals surface area contributed by atoms with Gasteiger partial charge in [-0.15, -0.1) is 0 Å². The first kappa shape index (κ1) is 9.99. The summed E-state index contributed by atoms with van der Waals surface area (Å²) in [6.45, 7) is 0. The molecule has 0 amide bonds. The molecule has 1 saturated carbocycles. The van der Waals surface area contributed by atoms with Crippen LogP contribution in [0, 0.1) is 0 Å². The first-order valence-corrected chi connectivity index (χ1v) is 6.02. The molecule has 0 aromatic heterocycles. The lowest BCUT2D eigenvalue weighted by atomic mass is 10.0. The molecule has 12 heavy (non-hydrogen) atoms. The molecule has 0 aromatic carbocycles. The summed E-state index contributed by atoms with van der Waals surface area (Å²) in [5.74, 6) is 0. The van der Waals surface area contributed by atoms with E-state index < -0.39 is 15.4 Å². The Labute approximate surface area is 73.9 Å². The third kappa shape index (κ3) is 3.11. The Kier molecular flexibility index (Phi) is 3.53. The predicted octanol–water partition coefficient (Wildman–Crippen LogP) is 1.86. The highest BCUT2D eigenvalue weighted by Gasteiger charge is 2.24. The maximum atomic E-state index is 10.7. The predicted molar refractivity (Wildman–Crippen MR) is 45.7 cm³/mol. The molecular weight excluding hydrogens is 176 g/mol. The lowest BCUT2D eigenvalue weighted by Crippen LogP contribution is -2.20. The molecule has 4 heteroatoms. The second-order valence-corrected chi connectivity index (χ2v) is 5.11. The van der Waals surface area contributed by atoms with Crippen LogP contribution in [-0.4, -0.2) is 13.7 Å². The first-order valence-electron chi connectivity index (χ1n) is 4.55. The lowest BCUT2D eigenvalue weighted by Gasteiger charge is -2.15. The average Bonchev–Trinajstić information content (AvgIpc) is 1.81. The Balaban J connectivity index is 2.51. The molecule has 0 aliphatic heterocycles. The average molecular weight is 191 g/mol. The highest BCUT2D eigenvalue weighted by molar-refractivity contribution is 7.86. The van der Waals surface area contributed by atoms with Crippen molar-refractivity contribution in [3.05, 3.63) is 0 Å². The van der Waals surface area contributed by atoms with Crippen LogP contribution < -0.4 is 0 Å². The summed E-state index contributed by atoms with van der Waals surface area (Å²) < 4.78 is 32.1. The van der Waals surface area contributed by atoms with Crippen molar-refractivity contribution in [3.8, 4) is 0 Å². The Morgan fingerprint density at radius 3 is 1.67 bits per heavy atom. The van der Waals surface area contributed by atoms with E-state index in [2.05, 4.69) is 0 Å². The Morgan fingerprint density at radius 2 is 1.25 bits per heavy atom. The van der Waals surface area contributed by atoms with Crippen LogP contribution in [-0.2, 0) is 14.7 Å². The monoisotopic (exact) mass is 191 g/mol. The van der Waals surface area contributed by atoms with Crippen LogP contribution in [0.25, 0.3) is 0 Å². The Hall–Kier alpha value is -0.0900. The zero-order valence-electron chi connectivity index (χ0n) is 7.16. The minimum Gasteiger partial charge on any atom is -0.197 e. The highest BCUT2D eigenvalue weighted by Crippen LogP contribution is 2.21. The molecule has 3 nitrogen and oxygen atoms in total. The van der Waals surface area contributed by atoms with Gasteiger partial charge in [0.25, 0.3) is 10.1 Å². The van der Waals surface area contributed by atoms with E-state index in [-0.39, 0.29) is 0 Å². The zero-order valence-corrected chi connectivity index (χ0v) is 7.98. The van der Waals surface area contributed by atoms with E-state index in [0.29, 0.717) is 12.8 Å². The fourth-order valence-corrected chi connectivity index (χ4v) is 2.62. The summed E-state index contributed by atoms with van der Waals surface area (Å²) >= 11 is 0. The highest BCUT2D eigenvalue weighted by atomic mass is 32.2. The molecule has 0 unspecified atom stereocenters. The Morgan fingerprint density at radius 1 is 0.833 bits per heavy atom. The van der Waals surface area contributed by atoms with Gasteiger partial charge in [0.15, 0.2) is 0 Å². The zero-order chi connectivity index (χ0) is 9.03. The van der Waals surface area contributed by atoms with Crippen LogP contribution in [0.4, 0.5) is 0 Å².